The van der Waals surface area contributed by atoms with Crippen LogP contribution < -0.4 is 5.32 Å². The number of nitrogens with zero attached hydrogens (tertiary/aromatic N) is 2. The Morgan fingerprint density at radius 2 is 2.00 bits per heavy atom. The van der Waals surface area contributed by atoms with Crippen molar-refractivity contribution in [1.82, 2.24) is 10.2 Å². The summed E-state index contributed by atoms with van der Waals surface area (Å²) < 4.78 is 5.44. The van der Waals surface area contributed by atoms with Crippen LogP contribution in [0.1, 0.15) is 19.3 Å². The summed E-state index contributed by atoms with van der Waals surface area (Å²) in [5.74, 6) is 3.74. The SMILES string of the molecule is CN=C(NCC1CCOCC1)N1CCC(CSc2ccccc2)C1. The highest BCUT2D eigenvalue weighted by atomic mass is 32.2. The van der Waals surface area contributed by atoms with E-state index in [4.69, 9.17) is 4.74 Å². The Morgan fingerprint density at radius 3 is 2.75 bits per heavy atom. The molecule has 1 atom stereocenters. The number of likely N-dealkylation sites (tertiary alicyclic amines) is 1. The average Bonchev–Trinajstić information content (AvgIpc) is 3.11. The molecule has 0 spiro atoms. The number of hydrogen-bond donors (Lipinski definition) is 1. The van der Waals surface area contributed by atoms with E-state index < -0.39 is 0 Å². The van der Waals surface area contributed by atoms with E-state index in [-0.39, 0.29) is 0 Å². The molecule has 0 radical (unpaired) electrons. The van der Waals surface area contributed by atoms with Crippen molar-refractivity contribution in [3.63, 3.8) is 0 Å². The van der Waals surface area contributed by atoms with Crippen molar-refractivity contribution in [3.8, 4) is 0 Å². The summed E-state index contributed by atoms with van der Waals surface area (Å²) in [4.78, 5) is 8.30. The number of hydrogen-bond acceptors (Lipinski definition) is 3. The third kappa shape index (κ3) is 5.15. The molecule has 132 valence electrons. The molecular weight excluding hydrogens is 318 g/mol. The van der Waals surface area contributed by atoms with E-state index in [1.54, 1.807) is 0 Å². The molecule has 2 saturated heterocycles. The maximum absolute atomic E-state index is 5.44. The standard InChI is InChI=1S/C19H29N3OS/c1-20-19(21-13-16-8-11-23-12-9-16)22-10-7-17(14-22)15-24-18-5-3-2-4-6-18/h2-6,16-17H,7-15H2,1H3,(H,20,21). The Balaban J connectivity index is 1.41. The summed E-state index contributed by atoms with van der Waals surface area (Å²) in [6, 6.07) is 10.7. The van der Waals surface area contributed by atoms with Gasteiger partial charge in [-0.05, 0) is 43.2 Å². The van der Waals surface area contributed by atoms with Gasteiger partial charge in [-0.15, -0.1) is 11.8 Å². The van der Waals surface area contributed by atoms with Gasteiger partial charge in [-0.25, -0.2) is 0 Å². The quantitative estimate of drug-likeness (QED) is 0.504. The summed E-state index contributed by atoms with van der Waals surface area (Å²) in [6.07, 6.45) is 3.60. The molecule has 2 aliphatic rings. The topological polar surface area (TPSA) is 36.9 Å². The lowest BCUT2D eigenvalue weighted by Crippen LogP contribution is -2.42. The van der Waals surface area contributed by atoms with Gasteiger partial charge in [0.2, 0.25) is 0 Å². The highest BCUT2D eigenvalue weighted by Crippen LogP contribution is 2.26. The highest BCUT2D eigenvalue weighted by molar-refractivity contribution is 7.99. The van der Waals surface area contributed by atoms with Gasteiger partial charge in [0.05, 0.1) is 0 Å². The average molecular weight is 348 g/mol. The Labute approximate surface area is 150 Å². The van der Waals surface area contributed by atoms with Crippen LogP contribution in [-0.4, -0.2) is 56.5 Å². The second kappa shape index (κ2) is 9.33. The molecule has 1 N–H and O–H groups in total. The largest absolute Gasteiger partial charge is 0.381 e. The van der Waals surface area contributed by atoms with E-state index in [0.29, 0.717) is 0 Å². The van der Waals surface area contributed by atoms with Gasteiger partial charge >= 0.3 is 0 Å². The predicted octanol–water partition coefficient (Wildman–Crippen LogP) is 3.10. The van der Waals surface area contributed by atoms with Crippen molar-refractivity contribution in [2.75, 3.05) is 45.6 Å². The van der Waals surface area contributed by atoms with Gasteiger partial charge in [0.25, 0.3) is 0 Å². The van der Waals surface area contributed by atoms with E-state index in [2.05, 4.69) is 45.5 Å². The summed E-state index contributed by atoms with van der Waals surface area (Å²) in [6.45, 7) is 5.08. The Bertz CT molecular complexity index is 517. The smallest absolute Gasteiger partial charge is 0.193 e. The fraction of sp³-hybridized carbons (Fsp3) is 0.632. The van der Waals surface area contributed by atoms with Crippen LogP contribution in [0.25, 0.3) is 0 Å². The first-order valence-corrected chi connectivity index (χ1v) is 10.0. The van der Waals surface area contributed by atoms with Crippen LogP contribution in [0.2, 0.25) is 0 Å². The molecule has 1 aromatic carbocycles. The van der Waals surface area contributed by atoms with Crippen molar-refractivity contribution in [2.24, 2.45) is 16.8 Å². The predicted molar refractivity (Wildman–Crippen MR) is 102 cm³/mol. The Morgan fingerprint density at radius 1 is 1.21 bits per heavy atom. The molecule has 1 aromatic rings. The van der Waals surface area contributed by atoms with Crippen LogP contribution in [0.15, 0.2) is 40.2 Å². The minimum absolute atomic E-state index is 0.725. The number of benzene rings is 1. The zero-order valence-corrected chi connectivity index (χ0v) is 15.4. The van der Waals surface area contributed by atoms with E-state index in [1.165, 1.54) is 29.9 Å². The van der Waals surface area contributed by atoms with Crippen LogP contribution >= 0.6 is 11.8 Å². The first kappa shape index (κ1) is 17.6. The van der Waals surface area contributed by atoms with Gasteiger partial charge in [-0.2, -0.15) is 0 Å². The van der Waals surface area contributed by atoms with Crippen LogP contribution in [-0.2, 0) is 4.74 Å². The van der Waals surface area contributed by atoms with Crippen molar-refractivity contribution in [2.45, 2.75) is 24.2 Å². The third-order valence-corrected chi connectivity index (χ3v) is 6.16. The van der Waals surface area contributed by atoms with Crippen LogP contribution in [0.3, 0.4) is 0 Å². The maximum atomic E-state index is 5.44. The molecule has 1 unspecified atom stereocenters. The molecule has 2 heterocycles. The monoisotopic (exact) mass is 347 g/mol. The summed E-state index contributed by atoms with van der Waals surface area (Å²) in [5, 5.41) is 3.59. The summed E-state index contributed by atoms with van der Waals surface area (Å²) in [5.41, 5.74) is 0. The number of ether oxygens (including phenoxy) is 1. The number of guanidine groups is 1. The second-order valence-electron chi connectivity index (χ2n) is 6.71. The van der Waals surface area contributed by atoms with Gasteiger partial charge in [0, 0.05) is 50.5 Å². The van der Waals surface area contributed by atoms with E-state index in [9.17, 15) is 0 Å². The van der Waals surface area contributed by atoms with E-state index in [1.807, 2.05) is 18.8 Å². The van der Waals surface area contributed by atoms with Crippen LogP contribution in [0, 0.1) is 11.8 Å². The minimum Gasteiger partial charge on any atom is -0.381 e. The first-order chi connectivity index (χ1) is 11.8. The molecule has 0 aromatic heterocycles. The second-order valence-corrected chi connectivity index (χ2v) is 7.80. The number of aliphatic imine (C=N–C) groups is 1. The lowest BCUT2D eigenvalue weighted by molar-refractivity contribution is 0.0674. The number of nitrogens with one attached hydrogen (secondary N) is 1. The molecular formula is C19H29N3OS. The maximum Gasteiger partial charge on any atom is 0.193 e. The van der Waals surface area contributed by atoms with Crippen LogP contribution in [0.5, 0.6) is 0 Å². The zero-order valence-electron chi connectivity index (χ0n) is 14.6. The molecule has 5 heteroatoms. The lowest BCUT2D eigenvalue weighted by Gasteiger charge is -2.26. The highest BCUT2D eigenvalue weighted by Gasteiger charge is 2.25. The van der Waals surface area contributed by atoms with Crippen molar-refractivity contribution >= 4 is 17.7 Å². The molecule has 24 heavy (non-hydrogen) atoms. The van der Waals surface area contributed by atoms with Crippen molar-refractivity contribution in [1.29, 1.82) is 0 Å². The van der Waals surface area contributed by atoms with Crippen LogP contribution in [0.4, 0.5) is 0 Å². The molecule has 3 rings (SSSR count). The molecule has 0 saturated carbocycles. The van der Waals surface area contributed by atoms with Gasteiger partial charge in [0.15, 0.2) is 5.96 Å². The first-order valence-electron chi connectivity index (χ1n) is 9.06. The Kier molecular flexibility index (Phi) is 6.85. The molecule has 2 fully saturated rings. The fourth-order valence-corrected chi connectivity index (χ4v) is 4.46. The Hall–Kier alpha value is -1.20. The van der Waals surface area contributed by atoms with E-state index >= 15 is 0 Å². The molecule has 0 bridgehead atoms. The van der Waals surface area contributed by atoms with Gasteiger partial charge in [0.1, 0.15) is 0 Å². The number of thioether (sulfide) groups is 1. The van der Waals surface area contributed by atoms with Gasteiger partial charge in [-0.1, -0.05) is 18.2 Å². The molecule has 0 amide bonds. The summed E-state index contributed by atoms with van der Waals surface area (Å²) in [7, 11) is 1.90. The van der Waals surface area contributed by atoms with E-state index in [0.717, 1.165) is 50.6 Å². The number of rotatable bonds is 5. The lowest BCUT2D eigenvalue weighted by atomic mass is 10.0. The normalized spacial score (nSPS) is 22.8. The minimum atomic E-state index is 0.725. The summed E-state index contributed by atoms with van der Waals surface area (Å²) >= 11 is 1.97. The van der Waals surface area contributed by atoms with Gasteiger partial charge in [-0.3, -0.25) is 4.99 Å². The van der Waals surface area contributed by atoms with Crippen molar-refractivity contribution in [3.05, 3.63) is 30.3 Å². The zero-order chi connectivity index (χ0) is 16.6. The molecule has 0 aliphatic carbocycles. The molecule has 4 nitrogen and oxygen atoms in total. The fourth-order valence-electron chi connectivity index (χ4n) is 3.41. The van der Waals surface area contributed by atoms with Crippen molar-refractivity contribution < 1.29 is 4.74 Å². The van der Waals surface area contributed by atoms with Gasteiger partial charge < -0.3 is 15.0 Å². The molecule has 2 aliphatic heterocycles. The third-order valence-electron chi connectivity index (χ3n) is 4.92.